The van der Waals surface area contributed by atoms with Gasteiger partial charge in [-0.1, -0.05) is 12.1 Å². The Kier molecular flexibility index (Phi) is 4.16. The highest BCUT2D eigenvalue weighted by Crippen LogP contribution is 2.29. The fraction of sp³-hybridized carbons (Fsp3) is 0.364. The molecule has 0 bridgehead atoms. The summed E-state index contributed by atoms with van der Waals surface area (Å²) in [6.45, 7) is 0. The molecule has 0 aliphatic heterocycles. The molecule has 0 saturated carbocycles. The first kappa shape index (κ1) is 14.7. The van der Waals surface area contributed by atoms with Crippen molar-refractivity contribution in [1.29, 1.82) is 0 Å². The molecule has 18 heavy (non-hydrogen) atoms. The minimum Gasteiger partial charge on any atom is -0.294 e. The van der Waals surface area contributed by atoms with Gasteiger partial charge in [0.2, 0.25) is 0 Å². The second-order valence-corrected chi connectivity index (χ2v) is 6.14. The molecule has 3 nitrogen and oxygen atoms in total. The number of ketones is 1. The lowest BCUT2D eigenvalue weighted by atomic mass is 10.1. The van der Waals surface area contributed by atoms with Gasteiger partial charge in [-0.15, -0.1) is 0 Å². The summed E-state index contributed by atoms with van der Waals surface area (Å²) >= 11 is 0. The molecule has 7 heteroatoms. The highest BCUT2D eigenvalue weighted by atomic mass is 32.2. The van der Waals surface area contributed by atoms with Gasteiger partial charge < -0.3 is 0 Å². The van der Waals surface area contributed by atoms with Crippen LogP contribution in [0.15, 0.2) is 24.3 Å². The Labute approximate surface area is 103 Å². The Balaban J connectivity index is 2.77. The van der Waals surface area contributed by atoms with Gasteiger partial charge in [0.25, 0.3) is 0 Å². The molecule has 0 heterocycles. The van der Waals surface area contributed by atoms with E-state index in [-0.39, 0.29) is 17.7 Å². The summed E-state index contributed by atoms with van der Waals surface area (Å²) in [6.07, 6.45) is -3.69. The van der Waals surface area contributed by atoms with Crippen molar-refractivity contribution in [3.63, 3.8) is 0 Å². The smallest absolute Gasteiger partial charge is 0.294 e. The minimum absolute atomic E-state index is 0.0756. The van der Waals surface area contributed by atoms with Crippen LogP contribution in [0.25, 0.3) is 0 Å². The highest BCUT2D eigenvalue weighted by molar-refractivity contribution is 7.90. The standard InChI is InChI=1S/C11H11F3O3S/c1-18(16,17)7-6-10(15)8-2-4-9(5-3-8)11(12,13)14/h2-5H,6-7H2,1H3. The number of hydrogen-bond donors (Lipinski definition) is 0. The molecule has 0 spiro atoms. The van der Waals surface area contributed by atoms with E-state index in [1.807, 2.05) is 0 Å². The van der Waals surface area contributed by atoms with E-state index in [4.69, 9.17) is 0 Å². The highest BCUT2D eigenvalue weighted by Gasteiger charge is 2.30. The maximum absolute atomic E-state index is 12.3. The molecule has 0 fully saturated rings. The van der Waals surface area contributed by atoms with Crippen LogP contribution in [0, 0.1) is 0 Å². The van der Waals surface area contributed by atoms with Crippen molar-refractivity contribution in [1.82, 2.24) is 0 Å². The number of alkyl halides is 3. The fourth-order valence-corrected chi connectivity index (χ4v) is 1.82. The largest absolute Gasteiger partial charge is 0.416 e. The van der Waals surface area contributed by atoms with Gasteiger partial charge in [-0.05, 0) is 12.1 Å². The first-order chi connectivity index (χ1) is 8.09. The van der Waals surface area contributed by atoms with Crippen molar-refractivity contribution in [3.8, 4) is 0 Å². The van der Waals surface area contributed by atoms with E-state index in [0.29, 0.717) is 0 Å². The van der Waals surface area contributed by atoms with Crippen LogP contribution in [0.2, 0.25) is 0 Å². The summed E-state index contributed by atoms with van der Waals surface area (Å²) in [6, 6.07) is 3.70. The molecule has 0 aliphatic rings. The average molecular weight is 280 g/mol. The molecular weight excluding hydrogens is 269 g/mol. The molecular formula is C11H11F3O3S. The van der Waals surface area contributed by atoms with E-state index in [1.54, 1.807) is 0 Å². The molecule has 1 rings (SSSR count). The lowest BCUT2D eigenvalue weighted by Gasteiger charge is -2.07. The van der Waals surface area contributed by atoms with E-state index >= 15 is 0 Å². The number of carbonyl (C=O) groups excluding carboxylic acids is 1. The van der Waals surface area contributed by atoms with Crippen molar-refractivity contribution < 1.29 is 26.4 Å². The number of hydrogen-bond acceptors (Lipinski definition) is 3. The number of carbonyl (C=O) groups is 1. The molecule has 0 unspecified atom stereocenters. The fourth-order valence-electron chi connectivity index (χ4n) is 1.27. The van der Waals surface area contributed by atoms with Gasteiger partial charge in [0.05, 0.1) is 11.3 Å². The van der Waals surface area contributed by atoms with Crippen LogP contribution in [-0.2, 0) is 16.0 Å². The normalized spacial score (nSPS) is 12.4. The molecule has 100 valence electrons. The Bertz CT molecular complexity index is 530. The van der Waals surface area contributed by atoms with Crippen LogP contribution in [0.5, 0.6) is 0 Å². The number of benzene rings is 1. The molecule has 1 aromatic rings. The van der Waals surface area contributed by atoms with Crippen LogP contribution in [0.3, 0.4) is 0 Å². The molecule has 0 radical (unpaired) electrons. The van der Waals surface area contributed by atoms with E-state index in [1.165, 1.54) is 0 Å². The molecule has 0 atom stereocenters. The third kappa shape index (κ3) is 4.48. The van der Waals surface area contributed by atoms with Crippen molar-refractivity contribution in [2.75, 3.05) is 12.0 Å². The monoisotopic (exact) mass is 280 g/mol. The molecule has 0 amide bonds. The average Bonchev–Trinajstić information content (AvgIpc) is 2.24. The first-order valence-electron chi connectivity index (χ1n) is 4.98. The number of Topliss-reactive ketones (excluding diaryl/α,β-unsaturated/α-hetero) is 1. The van der Waals surface area contributed by atoms with Crippen LogP contribution >= 0.6 is 0 Å². The minimum atomic E-state index is -4.45. The van der Waals surface area contributed by atoms with Gasteiger partial charge in [-0.3, -0.25) is 4.79 Å². The predicted octanol–water partition coefficient (Wildman–Crippen LogP) is 2.32. The summed E-state index contributed by atoms with van der Waals surface area (Å²) in [5.74, 6) is -0.804. The third-order valence-corrected chi connectivity index (χ3v) is 3.18. The second kappa shape index (κ2) is 5.09. The topological polar surface area (TPSA) is 51.2 Å². The van der Waals surface area contributed by atoms with Crippen molar-refractivity contribution >= 4 is 15.6 Å². The van der Waals surface area contributed by atoms with Gasteiger partial charge in [0.1, 0.15) is 9.84 Å². The van der Waals surface area contributed by atoms with E-state index in [0.717, 1.165) is 30.5 Å². The van der Waals surface area contributed by atoms with Crippen molar-refractivity contribution in [2.45, 2.75) is 12.6 Å². The number of sulfone groups is 1. The van der Waals surface area contributed by atoms with Gasteiger partial charge in [0.15, 0.2) is 5.78 Å². The van der Waals surface area contributed by atoms with E-state index in [9.17, 15) is 26.4 Å². The zero-order chi connectivity index (χ0) is 14.0. The Morgan fingerprint density at radius 3 is 2.06 bits per heavy atom. The Hall–Kier alpha value is -1.37. The molecule has 0 aromatic heterocycles. The van der Waals surface area contributed by atoms with Crippen LogP contribution < -0.4 is 0 Å². The number of rotatable bonds is 4. The van der Waals surface area contributed by atoms with Gasteiger partial charge in [0, 0.05) is 18.2 Å². The summed E-state index contributed by atoms with van der Waals surface area (Å²) < 4.78 is 58.5. The first-order valence-corrected chi connectivity index (χ1v) is 7.04. The number of halogens is 3. The molecule has 0 saturated heterocycles. The zero-order valence-electron chi connectivity index (χ0n) is 9.49. The van der Waals surface area contributed by atoms with Gasteiger partial charge in [-0.25, -0.2) is 8.42 Å². The van der Waals surface area contributed by atoms with Gasteiger partial charge >= 0.3 is 6.18 Å². The zero-order valence-corrected chi connectivity index (χ0v) is 10.3. The van der Waals surface area contributed by atoms with E-state index in [2.05, 4.69) is 0 Å². The summed E-state index contributed by atoms with van der Waals surface area (Å²) in [4.78, 5) is 11.5. The van der Waals surface area contributed by atoms with Crippen LogP contribution in [0.4, 0.5) is 13.2 Å². The lowest BCUT2D eigenvalue weighted by Crippen LogP contribution is -2.10. The van der Waals surface area contributed by atoms with E-state index < -0.39 is 27.4 Å². The third-order valence-electron chi connectivity index (χ3n) is 2.23. The SMILES string of the molecule is CS(=O)(=O)CCC(=O)c1ccc(C(F)(F)F)cc1. The summed E-state index contributed by atoms with van der Waals surface area (Å²) in [5.41, 5.74) is -0.770. The summed E-state index contributed by atoms with van der Waals surface area (Å²) in [7, 11) is -3.26. The van der Waals surface area contributed by atoms with Crippen molar-refractivity contribution in [2.24, 2.45) is 0 Å². The quantitative estimate of drug-likeness (QED) is 0.795. The predicted molar refractivity (Wildman–Crippen MR) is 60.1 cm³/mol. The van der Waals surface area contributed by atoms with Crippen LogP contribution in [0.1, 0.15) is 22.3 Å². The maximum atomic E-state index is 12.3. The maximum Gasteiger partial charge on any atom is 0.416 e. The Morgan fingerprint density at radius 2 is 1.67 bits per heavy atom. The molecule has 0 N–H and O–H groups in total. The molecule has 0 aliphatic carbocycles. The van der Waals surface area contributed by atoms with Crippen molar-refractivity contribution in [3.05, 3.63) is 35.4 Å². The second-order valence-electron chi connectivity index (χ2n) is 3.88. The lowest BCUT2D eigenvalue weighted by molar-refractivity contribution is -0.137. The Morgan fingerprint density at radius 1 is 1.17 bits per heavy atom. The molecule has 1 aromatic carbocycles. The summed E-state index contributed by atoms with van der Waals surface area (Å²) in [5, 5.41) is 0. The van der Waals surface area contributed by atoms with Gasteiger partial charge in [-0.2, -0.15) is 13.2 Å². The van der Waals surface area contributed by atoms with Crippen LogP contribution in [-0.4, -0.2) is 26.2 Å².